The van der Waals surface area contributed by atoms with Gasteiger partial charge < -0.3 is 15.6 Å². The second-order valence-electron chi connectivity index (χ2n) is 3.18. The van der Waals surface area contributed by atoms with Crippen LogP contribution in [0.5, 0.6) is 5.75 Å². The summed E-state index contributed by atoms with van der Waals surface area (Å²) in [6, 6.07) is 7.99. The minimum absolute atomic E-state index is 0.240. The van der Waals surface area contributed by atoms with E-state index in [0.29, 0.717) is 6.61 Å². The van der Waals surface area contributed by atoms with Crippen LogP contribution >= 0.6 is 0 Å². The van der Waals surface area contributed by atoms with Gasteiger partial charge in [-0.1, -0.05) is 12.1 Å². The van der Waals surface area contributed by atoms with Crippen LogP contribution in [0.3, 0.4) is 0 Å². The predicted molar refractivity (Wildman–Crippen MR) is 55.1 cm³/mol. The zero-order valence-corrected chi connectivity index (χ0v) is 8.41. The number of rotatable bonds is 6. The molecule has 0 saturated heterocycles. The second kappa shape index (κ2) is 6.40. The van der Waals surface area contributed by atoms with Gasteiger partial charge in [0.25, 0.3) is 0 Å². The number of quaternary nitrogens is 1. The smallest absolute Gasteiger partial charge is 0.137 e. The Kier molecular flexibility index (Phi) is 5.04. The molecule has 78 valence electrons. The Hall–Kier alpha value is -1.06. The van der Waals surface area contributed by atoms with Crippen molar-refractivity contribution in [2.45, 2.75) is 12.8 Å². The molecule has 0 amide bonds. The highest BCUT2D eigenvalue weighted by molar-refractivity contribution is 5.28. The minimum Gasteiger partial charge on any atom is -0.488 e. The number of aliphatic hydroxyl groups is 1. The highest BCUT2D eigenvalue weighted by Gasteiger charge is 1.96. The normalized spacial score (nSPS) is 10.1. The first-order chi connectivity index (χ1) is 6.86. The summed E-state index contributed by atoms with van der Waals surface area (Å²) in [5, 5.41) is 8.70. The Bertz CT molecular complexity index is 240. The van der Waals surface area contributed by atoms with E-state index in [1.807, 2.05) is 24.3 Å². The molecule has 4 N–H and O–H groups in total. The van der Waals surface area contributed by atoms with Gasteiger partial charge in [-0.3, -0.25) is 0 Å². The summed E-state index contributed by atoms with van der Waals surface area (Å²) in [6.07, 6.45) is 1.71. The third kappa shape index (κ3) is 3.77. The van der Waals surface area contributed by atoms with Crippen LogP contribution in [0.2, 0.25) is 0 Å². The van der Waals surface area contributed by atoms with Gasteiger partial charge in [0.2, 0.25) is 0 Å². The van der Waals surface area contributed by atoms with Crippen LogP contribution in [0.1, 0.15) is 12.0 Å². The molecule has 0 atom stereocenters. The summed E-state index contributed by atoms with van der Waals surface area (Å²) in [5.41, 5.74) is 4.92. The second-order valence-corrected chi connectivity index (χ2v) is 3.18. The van der Waals surface area contributed by atoms with Gasteiger partial charge in [-0.15, -0.1) is 0 Å². The van der Waals surface area contributed by atoms with Gasteiger partial charge in [0.05, 0.1) is 0 Å². The molecule has 1 rings (SSSR count). The van der Waals surface area contributed by atoms with Crippen molar-refractivity contribution < 1.29 is 15.6 Å². The first-order valence-corrected chi connectivity index (χ1v) is 4.98. The van der Waals surface area contributed by atoms with Gasteiger partial charge in [-0.25, -0.2) is 0 Å². The molecule has 0 fully saturated rings. The Morgan fingerprint density at radius 3 is 2.93 bits per heavy atom. The quantitative estimate of drug-likeness (QED) is 0.684. The summed E-state index contributed by atoms with van der Waals surface area (Å²) >= 11 is 0. The molecule has 1 aromatic rings. The van der Waals surface area contributed by atoms with Crippen molar-refractivity contribution in [3.05, 3.63) is 29.8 Å². The molecular formula is C11H18NO2+. The number of benzene rings is 1. The topological polar surface area (TPSA) is 57.1 Å². The van der Waals surface area contributed by atoms with Gasteiger partial charge >= 0.3 is 0 Å². The molecule has 14 heavy (non-hydrogen) atoms. The van der Waals surface area contributed by atoms with Crippen molar-refractivity contribution in [1.29, 1.82) is 0 Å². The van der Waals surface area contributed by atoms with Crippen LogP contribution in [-0.4, -0.2) is 24.9 Å². The SMILES string of the molecule is [NH3+]CCOc1cccc(CCCO)c1. The summed E-state index contributed by atoms with van der Waals surface area (Å²) in [7, 11) is 0. The van der Waals surface area contributed by atoms with Crippen LogP contribution in [0.25, 0.3) is 0 Å². The molecule has 0 aliphatic heterocycles. The van der Waals surface area contributed by atoms with Gasteiger partial charge in [-0.05, 0) is 30.5 Å². The number of aliphatic hydroxyl groups excluding tert-OH is 1. The number of ether oxygens (including phenoxy) is 1. The molecule has 1 aromatic carbocycles. The molecule has 3 heteroatoms. The van der Waals surface area contributed by atoms with E-state index in [1.165, 1.54) is 5.56 Å². The van der Waals surface area contributed by atoms with E-state index < -0.39 is 0 Å². The van der Waals surface area contributed by atoms with Crippen LogP contribution in [-0.2, 0) is 6.42 Å². The minimum atomic E-state index is 0.240. The summed E-state index contributed by atoms with van der Waals surface area (Å²) in [4.78, 5) is 0. The molecule has 0 heterocycles. The standard InChI is InChI=1S/C11H17NO2/c12-6-8-14-11-5-1-3-10(9-11)4-2-7-13/h1,3,5,9,13H,2,4,6-8,12H2/p+1. The van der Waals surface area contributed by atoms with Gasteiger partial charge in [0.1, 0.15) is 18.9 Å². The monoisotopic (exact) mass is 196 g/mol. The maximum atomic E-state index is 8.70. The third-order valence-corrected chi connectivity index (χ3v) is 1.94. The Morgan fingerprint density at radius 2 is 2.21 bits per heavy atom. The fraction of sp³-hybridized carbons (Fsp3) is 0.455. The molecule has 0 spiro atoms. The lowest BCUT2D eigenvalue weighted by Gasteiger charge is -2.05. The summed E-state index contributed by atoms with van der Waals surface area (Å²) < 4.78 is 5.45. The third-order valence-electron chi connectivity index (χ3n) is 1.94. The lowest BCUT2D eigenvalue weighted by Crippen LogP contribution is -2.52. The average molecular weight is 196 g/mol. The Labute approximate surface area is 84.5 Å². The molecule has 0 bridgehead atoms. The first kappa shape index (κ1) is 11.0. The highest BCUT2D eigenvalue weighted by Crippen LogP contribution is 2.14. The molecule has 0 aromatic heterocycles. The largest absolute Gasteiger partial charge is 0.488 e. The molecule has 0 saturated carbocycles. The van der Waals surface area contributed by atoms with E-state index >= 15 is 0 Å². The predicted octanol–water partition coefficient (Wildman–Crippen LogP) is 0.232. The Balaban J connectivity index is 2.50. The average Bonchev–Trinajstić information content (AvgIpc) is 2.24. The zero-order valence-electron chi connectivity index (χ0n) is 8.41. The molecule has 0 radical (unpaired) electrons. The fourth-order valence-corrected chi connectivity index (χ4v) is 1.26. The summed E-state index contributed by atoms with van der Waals surface area (Å²) in [6.45, 7) is 1.67. The fourth-order valence-electron chi connectivity index (χ4n) is 1.26. The number of hydrogen-bond acceptors (Lipinski definition) is 2. The number of hydrogen-bond donors (Lipinski definition) is 2. The van der Waals surface area contributed by atoms with Crippen LogP contribution in [0.4, 0.5) is 0 Å². The van der Waals surface area contributed by atoms with E-state index in [4.69, 9.17) is 9.84 Å². The number of aryl methyl sites for hydroxylation is 1. The Morgan fingerprint density at radius 1 is 1.36 bits per heavy atom. The van der Waals surface area contributed by atoms with Crippen molar-refractivity contribution in [2.75, 3.05) is 19.8 Å². The van der Waals surface area contributed by atoms with E-state index in [2.05, 4.69) is 5.73 Å². The van der Waals surface area contributed by atoms with Crippen LogP contribution in [0, 0.1) is 0 Å². The van der Waals surface area contributed by atoms with E-state index in [-0.39, 0.29) is 6.61 Å². The van der Waals surface area contributed by atoms with E-state index in [0.717, 1.165) is 25.1 Å². The molecule has 3 nitrogen and oxygen atoms in total. The van der Waals surface area contributed by atoms with E-state index in [9.17, 15) is 0 Å². The van der Waals surface area contributed by atoms with Crippen molar-refractivity contribution in [2.24, 2.45) is 0 Å². The maximum Gasteiger partial charge on any atom is 0.137 e. The van der Waals surface area contributed by atoms with Gasteiger partial charge in [0.15, 0.2) is 0 Å². The van der Waals surface area contributed by atoms with Crippen molar-refractivity contribution >= 4 is 0 Å². The van der Waals surface area contributed by atoms with Crippen molar-refractivity contribution in [1.82, 2.24) is 0 Å². The highest BCUT2D eigenvalue weighted by atomic mass is 16.5. The molecule has 0 aliphatic carbocycles. The van der Waals surface area contributed by atoms with Gasteiger partial charge in [-0.2, -0.15) is 0 Å². The lowest BCUT2D eigenvalue weighted by atomic mass is 10.1. The van der Waals surface area contributed by atoms with Crippen molar-refractivity contribution in [3.63, 3.8) is 0 Å². The van der Waals surface area contributed by atoms with Crippen molar-refractivity contribution in [3.8, 4) is 5.75 Å². The molecule has 0 aliphatic rings. The summed E-state index contributed by atoms with van der Waals surface area (Å²) in [5.74, 6) is 0.893. The molecular weight excluding hydrogens is 178 g/mol. The first-order valence-electron chi connectivity index (χ1n) is 4.98. The molecule has 0 unspecified atom stereocenters. The lowest BCUT2D eigenvalue weighted by molar-refractivity contribution is -0.370. The maximum absolute atomic E-state index is 8.70. The zero-order chi connectivity index (χ0) is 10.2. The van der Waals surface area contributed by atoms with Gasteiger partial charge in [0, 0.05) is 6.61 Å². The van der Waals surface area contributed by atoms with Crippen LogP contribution < -0.4 is 10.5 Å². The van der Waals surface area contributed by atoms with Crippen LogP contribution in [0.15, 0.2) is 24.3 Å². The van der Waals surface area contributed by atoms with E-state index in [1.54, 1.807) is 0 Å².